The highest BCUT2D eigenvalue weighted by Crippen LogP contribution is 2.37. The van der Waals surface area contributed by atoms with Crippen molar-refractivity contribution in [3.63, 3.8) is 0 Å². The van der Waals surface area contributed by atoms with E-state index in [1.54, 1.807) is 0 Å². The van der Waals surface area contributed by atoms with Crippen molar-refractivity contribution in [3.8, 4) is 23.3 Å². The van der Waals surface area contributed by atoms with Gasteiger partial charge in [-0.05, 0) is 24.3 Å². The number of nitro groups is 1. The number of nitriles is 1. The molecule has 0 bridgehead atoms. The number of nitro benzene ring substituents is 1. The lowest BCUT2D eigenvalue weighted by Gasteiger charge is -2.11. The lowest BCUT2D eigenvalue weighted by molar-refractivity contribution is -0.385. The van der Waals surface area contributed by atoms with Crippen molar-refractivity contribution in [1.29, 1.82) is 5.26 Å². The Morgan fingerprint density at radius 1 is 1.12 bits per heavy atom. The van der Waals surface area contributed by atoms with E-state index in [4.69, 9.17) is 14.7 Å². The van der Waals surface area contributed by atoms with Crippen LogP contribution in [0.5, 0.6) is 17.2 Å². The third kappa shape index (κ3) is 3.61. The lowest BCUT2D eigenvalue weighted by atomic mass is 10.2. The first-order valence-corrected chi connectivity index (χ1v) is 8.40. The predicted octanol–water partition coefficient (Wildman–Crippen LogP) is 2.67. The molecule has 0 fully saturated rings. The molecule has 0 amide bonds. The Kier molecular flexibility index (Phi) is 4.71. The molecule has 0 aliphatic rings. The highest BCUT2D eigenvalue weighted by atomic mass is 32.2. The number of nitrogens with zero attached hydrogens (tertiary/aromatic N) is 2. The van der Waals surface area contributed by atoms with Crippen LogP contribution in [0.4, 0.5) is 5.69 Å². The Balaban J connectivity index is 2.51. The van der Waals surface area contributed by atoms with E-state index < -0.39 is 20.4 Å². The molecule has 2 aromatic carbocycles. The third-order valence-corrected chi connectivity index (χ3v) is 4.18. The van der Waals surface area contributed by atoms with Crippen LogP contribution in [0.25, 0.3) is 0 Å². The molecule has 124 valence electrons. The molecule has 2 rings (SSSR count). The molecular weight excluding hydrogens is 336 g/mol. The van der Waals surface area contributed by atoms with Gasteiger partial charge in [0.1, 0.15) is 0 Å². The summed E-state index contributed by atoms with van der Waals surface area (Å²) in [6.45, 7) is 0. The summed E-state index contributed by atoms with van der Waals surface area (Å²) in [5.41, 5.74) is -0.162. The van der Waals surface area contributed by atoms with Gasteiger partial charge in [0.25, 0.3) is 0 Å². The summed E-state index contributed by atoms with van der Waals surface area (Å²) in [5.74, 6) is 0.234. The second kappa shape index (κ2) is 6.55. The number of sulfone groups is 1. The van der Waals surface area contributed by atoms with Gasteiger partial charge in [0, 0.05) is 18.4 Å². The summed E-state index contributed by atoms with van der Waals surface area (Å²) in [6, 6.07) is 9.61. The maximum Gasteiger partial charge on any atom is 0.312 e. The zero-order valence-electron chi connectivity index (χ0n) is 12.7. The summed E-state index contributed by atoms with van der Waals surface area (Å²) in [7, 11) is -2.23. The topological polar surface area (TPSA) is 120 Å². The maximum absolute atomic E-state index is 11.5. The van der Waals surface area contributed by atoms with E-state index in [1.807, 2.05) is 6.07 Å². The van der Waals surface area contributed by atoms with Crippen molar-refractivity contribution in [3.05, 3.63) is 52.1 Å². The minimum atomic E-state index is -3.59. The van der Waals surface area contributed by atoms with Crippen molar-refractivity contribution < 1.29 is 22.8 Å². The fraction of sp³-hybridized carbons (Fsp3) is 0.133. The first-order chi connectivity index (χ1) is 11.3. The molecule has 9 heteroatoms. The van der Waals surface area contributed by atoms with Gasteiger partial charge < -0.3 is 9.47 Å². The maximum atomic E-state index is 11.5. The van der Waals surface area contributed by atoms with E-state index in [0.29, 0.717) is 5.56 Å². The Hall–Kier alpha value is -3.12. The third-order valence-electron chi connectivity index (χ3n) is 3.07. The van der Waals surface area contributed by atoms with Gasteiger partial charge >= 0.3 is 5.69 Å². The molecule has 0 aliphatic heterocycles. The number of hydrogen-bond donors (Lipinski definition) is 0. The highest BCUT2D eigenvalue weighted by Gasteiger charge is 2.21. The Morgan fingerprint density at radius 2 is 1.79 bits per heavy atom. The standard InChI is InChI=1S/C15H12N2O6S/c1-22-15-7-10(9-16)3-5-14(15)23-13-6-4-11(24(2,20)21)8-12(13)17(18)19/h3-8H,1-2H3. The predicted molar refractivity (Wildman–Crippen MR) is 84.0 cm³/mol. The minimum Gasteiger partial charge on any atom is -0.493 e. The van der Waals surface area contributed by atoms with Gasteiger partial charge in [0.05, 0.1) is 28.6 Å². The van der Waals surface area contributed by atoms with Gasteiger partial charge in [-0.15, -0.1) is 0 Å². The molecule has 0 radical (unpaired) electrons. The van der Waals surface area contributed by atoms with E-state index in [0.717, 1.165) is 12.3 Å². The monoisotopic (exact) mass is 348 g/mol. The highest BCUT2D eigenvalue weighted by molar-refractivity contribution is 7.90. The minimum absolute atomic E-state index is 0.143. The summed E-state index contributed by atoms with van der Waals surface area (Å²) in [5, 5.41) is 20.1. The Labute approximate surface area is 137 Å². The Bertz CT molecular complexity index is 947. The number of rotatable bonds is 5. The SMILES string of the molecule is COc1cc(C#N)ccc1Oc1ccc(S(C)(=O)=O)cc1[N+](=O)[O-]. The first kappa shape index (κ1) is 17.2. The normalized spacial score (nSPS) is 10.7. The molecule has 0 unspecified atom stereocenters. The van der Waals surface area contributed by atoms with E-state index in [1.165, 1.54) is 37.4 Å². The van der Waals surface area contributed by atoms with Crippen LogP contribution in [0.2, 0.25) is 0 Å². The molecule has 0 N–H and O–H groups in total. The van der Waals surface area contributed by atoms with Gasteiger partial charge in [0.2, 0.25) is 5.75 Å². The fourth-order valence-corrected chi connectivity index (χ4v) is 2.54. The fourth-order valence-electron chi connectivity index (χ4n) is 1.90. The number of hydrogen-bond acceptors (Lipinski definition) is 7. The van der Waals surface area contributed by atoms with Crippen molar-refractivity contribution in [1.82, 2.24) is 0 Å². The molecule has 24 heavy (non-hydrogen) atoms. The summed E-state index contributed by atoms with van der Waals surface area (Å²) < 4.78 is 33.7. The average Bonchev–Trinajstić information content (AvgIpc) is 2.54. The van der Waals surface area contributed by atoms with Gasteiger partial charge in [-0.25, -0.2) is 8.42 Å². The Morgan fingerprint density at radius 3 is 2.33 bits per heavy atom. The second-order valence-corrected chi connectivity index (χ2v) is 6.75. The first-order valence-electron chi connectivity index (χ1n) is 6.50. The summed E-state index contributed by atoms with van der Waals surface area (Å²) in [4.78, 5) is 10.3. The van der Waals surface area contributed by atoms with Crippen molar-refractivity contribution in [2.45, 2.75) is 4.90 Å². The van der Waals surface area contributed by atoms with Gasteiger partial charge in [-0.3, -0.25) is 10.1 Å². The molecule has 0 aliphatic carbocycles. The molecule has 0 atom stereocenters. The quantitative estimate of drug-likeness (QED) is 0.601. The van der Waals surface area contributed by atoms with E-state index >= 15 is 0 Å². The number of methoxy groups -OCH3 is 1. The van der Waals surface area contributed by atoms with Crippen LogP contribution < -0.4 is 9.47 Å². The van der Waals surface area contributed by atoms with Crippen LogP contribution in [0, 0.1) is 21.4 Å². The largest absolute Gasteiger partial charge is 0.493 e. The van der Waals surface area contributed by atoms with Crippen molar-refractivity contribution >= 4 is 15.5 Å². The average molecular weight is 348 g/mol. The second-order valence-electron chi connectivity index (χ2n) is 4.74. The van der Waals surface area contributed by atoms with Crippen LogP contribution in [0.3, 0.4) is 0 Å². The van der Waals surface area contributed by atoms with Gasteiger partial charge in [-0.2, -0.15) is 5.26 Å². The molecule has 8 nitrogen and oxygen atoms in total. The van der Waals surface area contributed by atoms with Crippen LogP contribution in [0.1, 0.15) is 5.56 Å². The molecule has 0 aromatic heterocycles. The van der Waals surface area contributed by atoms with Crippen LogP contribution in [-0.2, 0) is 9.84 Å². The van der Waals surface area contributed by atoms with Crippen molar-refractivity contribution in [2.75, 3.05) is 13.4 Å². The summed E-state index contributed by atoms with van der Waals surface area (Å²) >= 11 is 0. The van der Waals surface area contributed by atoms with Gasteiger partial charge in [0.15, 0.2) is 21.3 Å². The number of ether oxygens (including phenoxy) is 2. The van der Waals surface area contributed by atoms with Crippen LogP contribution in [0.15, 0.2) is 41.3 Å². The van der Waals surface area contributed by atoms with Gasteiger partial charge in [-0.1, -0.05) is 0 Å². The number of benzene rings is 2. The van der Waals surface area contributed by atoms with Crippen LogP contribution >= 0.6 is 0 Å². The molecule has 0 saturated heterocycles. The van der Waals surface area contributed by atoms with E-state index in [2.05, 4.69) is 0 Å². The lowest BCUT2D eigenvalue weighted by Crippen LogP contribution is -2.00. The molecular formula is C15H12N2O6S. The zero-order chi connectivity index (χ0) is 17.9. The molecule has 2 aromatic rings. The summed E-state index contributed by atoms with van der Waals surface area (Å²) in [6.07, 6.45) is 0.955. The smallest absolute Gasteiger partial charge is 0.312 e. The molecule has 0 saturated carbocycles. The molecule has 0 spiro atoms. The van der Waals surface area contributed by atoms with E-state index in [-0.39, 0.29) is 22.1 Å². The van der Waals surface area contributed by atoms with Crippen LogP contribution in [-0.4, -0.2) is 26.7 Å². The molecule has 0 heterocycles. The van der Waals surface area contributed by atoms with Crippen molar-refractivity contribution in [2.24, 2.45) is 0 Å². The zero-order valence-corrected chi connectivity index (χ0v) is 13.5. The van der Waals surface area contributed by atoms with E-state index in [9.17, 15) is 18.5 Å².